The van der Waals surface area contributed by atoms with E-state index in [0.29, 0.717) is 6.61 Å². The lowest BCUT2D eigenvalue weighted by Crippen LogP contribution is -2.44. The first-order valence-corrected chi connectivity index (χ1v) is 13.9. The van der Waals surface area contributed by atoms with Gasteiger partial charge in [-0.1, -0.05) is 65.7 Å². The van der Waals surface area contributed by atoms with E-state index in [4.69, 9.17) is 9.53 Å². The smallest absolute Gasteiger partial charge is 0.218 e. The highest BCUT2D eigenvalue weighted by molar-refractivity contribution is 6.84. The van der Waals surface area contributed by atoms with E-state index in [-0.39, 0.29) is 6.61 Å². The molecule has 0 fully saturated rings. The lowest BCUT2D eigenvalue weighted by atomic mass is 10.0. The van der Waals surface area contributed by atoms with Gasteiger partial charge in [0.05, 0.1) is 13.2 Å². The van der Waals surface area contributed by atoms with Gasteiger partial charge in [0.1, 0.15) is 0 Å². The van der Waals surface area contributed by atoms with Crippen LogP contribution < -0.4 is 5.19 Å². The monoisotopic (exact) mass is 434 g/mol. The summed E-state index contributed by atoms with van der Waals surface area (Å²) in [5.41, 5.74) is 10.0. The lowest BCUT2D eigenvalue weighted by molar-refractivity contribution is 0.280. The molecule has 0 atom stereocenters. The third-order valence-electron chi connectivity index (χ3n) is 5.89. The summed E-state index contributed by atoms with van der Waals surface area (Å²) < 4.78 is 6.34. The first-order valence-electron chi connectivity index (χ1n) is 11.0. The van der Waals surface area contributed by atoms with Crippen LogP contribution in [0.15, 0.2) is 54.6 Å². The van der Waals surface area contributed by atoms with Gasteiger partial charge in [-0.25, -0.2) is 0 Å². The number of benzene rings is 3. The second kappa shape index (κ2) is 10.9. The van der Waals surface area contributed by atoms with Crippen molar-refractivity contribution < 1.29 is 9.53 Å². The maximum Gasteiger partial charge on any atom is 0.218 e. The zero-order valence-corrected chi connectivity index (χ0v) is 21.5. The van der Waals surface area contributed by atoms with Gasteiger partial charge in [-0.3, -0.25) is 0 Å². The molecule has 31 heavy (non-hydrogen) atoms. The van der Waals surface area contributed by atoms with Crippen molar-refractivity contribution in [3.05, 3.63) is 99.1 Å². The normalized spacial score (nSPS) is 11.1. The van der Waals surface area contributed by atoms with Crippen molar-refractivity contribution in [3.63, 3.8) is 0 Å². The van der Waals surface area contributed by atoms with Crippen LogP contribution in [-0.2, 0) is 17.6 Å². The molecule has 0 aliphatic carbocycles. The van der Waals surface area contributed by atoms with Crippen LogP contribution in [-0.4, -0.2) is 13.4 Å². The molecular weight excluding hydrogens is 396 g/mol. The van der Waals surface area contributed by atoms with Crippen LogP contribution in [0.3, 0.4) is 0 Å². The average Bonchev–Trinajstić information content (AvgIpc) is 2.68. The molecule has 3 aromatic rings. The summed E-state index contributed by atoms with van der Waals surface area (Å²) in [7, 11) is -1.82. The predicted octanol–water partition coefficient (Wildman–Crippen LogP) is 6.34. The molecule has 0 bridgehead atoms. The Morgan fingerprint density at radius 1 is 0.677 bits per heavy atom. The molecule has 3 heteroatoms. The Morgan fingerprint density at radius 2 is 1.10 bits per heavy atom. The number of aliphatic hydroxyl groups is 1. The van der Waals surface area contributed by atoms with Gasteiger partial charge >= 0.3 is 0 Å². The van der Waals surface area contributed by atoms with Crippen molar-refractivity contribution in [1.29, 1.82) is 0 Å². The van der Waals surface area contributed by atoms with E-state index in [1.165, 1.54) is 44.1 Å². The maximum atomic E-state index is 8.99. The third kappa shape index (κ3) is 6.89. The summed E-state index contributed by atoms with van der Waals surface area (Å²) in [4.78, 5) is 0. The summed E-state index contributed by atoms with van der Waals surface area (Å²) in [5, 5.41) is 10.3. The minimum absolute atomic E-state index is 0.151. The summed E-state index contributed by atoms with van der Waals surface area (Å²) in [6, 6.07) is 19.3. The molecule has 0 saturated carbocycles. The zero-order valence-electron chi connectivity index (χ0n) is 20.5. The Hall–Kier alpha value is -2.20. The molecule has 3 rings (SSSR count). The molecule has 0 unspecified atom stereocenters. The molecule has 0 amide bonds. The Bertz CT molecular complexity index is 961. The number of aryl methyl sites for hydroxylation is 6. The fourth-order valence-corrected chi connectivity index (χ4v) is 5.74. The Kier molecular flexibility index (Phi) is 8.81. The van der Waals surface area contributed by atoms with E-state index >= 15 is 0 Å². The van der Waals surface area contributed by atoms with E-state index in [1.807, 2.05) is 13.8 Å². The van der Waals surface area contributed by atoms with Crippen LogP contribution in [0.5, 0.6) is 0 Å². The highest BCUT2D eigenvalue weighted by atomic mass is 28.4. The molecule has 0 radical (unpaired) electrons. The molecule has 3 aromatic carbocycles. The molecule has 0 aliphatic heterocycles. The van der Waals surface area contributed by atoms with Gasteiger partial charge in [0, 0.05) is 0 Å². The Morgan fingerprint density at radius 3 is 1.52 bits per heavy atom. The van der Waals surface area contributed by atoms with Gasteiger partial charge in [-0.05, 0) is 93.2 Å². The molecule has 0 heterocycles. The zero-order chi connectivity index (χ0) is 23.2. The van der Waals surface area contributed by atoms with E-state index < -0.39 is 8.32 Å². The number of rotatable bonds is 5. The maximum absolute atomic E-state index is 8.99. The van der Waals surface area contributed by atoms with Gasteiger partial charge in [0.15, 0.2) is 0 Å². The van der Waals surface area contributed by atoms with Gasteiger partial charge in [-0.2, -0.15) is 0 Å². The van der Waals surface area contributed by atoms with Crippen molar-refractivity contribution in [2.75, 3.05) is 0 Å². The molecule has 0 aromatic heterocycles. The SMILES string of the molecule is Cc1cc(C)c(CO)c(C)c1.Cc1cc(C)c(CO[Si](C)(C)c2ccccc2)c(C)c1. The molecule has 166 valence electrons. The second-order valence-electron chi connectivity index (χ2n) is 9.08. The topological polar surface area (TPSA) is 29.5 Å². The molecule has 2 nitrogen and oxygen atoms in total. The summed E-state index contributed by atoms with van der Waals surface area (Å²) in [6.07, 6.45) is 0. The van der Waals surface area contributed by atoms with E-state index in [0.717, 1.165) is 5.56 Å². The van der Waals surface area contributed by atoms with Crippen molar-refractivity contribution >= 4 is 13.5 Å². The standard InChI is InChI=1S/C18H24OSi.C10H14O/c1-14-11-15(2)18(16(3)12-14)13-19-20(4,5)17-9-7-6-8-10-17;1-7-4-8(2)10(6-11)9(3)5-7/h6-12H,13H2,1-5H3;4-5,11H,6H2,1-3H3. The fourth-order valence-electron chi connectivity index (χ4n) is 4.07. The third-order valence-corrected chi connectivity index (χ3v) is 8.47. The lowest BCUT2D eigenvalue weighted by Gasteiger charge is -2.24. The first kappa shape index (κ1) is 25.1. The molecule has 0 spiro atoms. The van der Waals surface area contributed by atoms with Crippen LogP contribution >= 0.6 is 0 Å². The van der Waals surface area contributed by atoms with Crippen molar-refractivity contribution in [2.45, 2.75) is 67.9 Å². The van der Waals surface area contributed by atoms with Gasteiger partial charge < -0.3 is 9.53 Å². The van der Waals surface area contributed by atoms with Crippen molar-refractivity contribution in [1.82, 2.24) is 0 Å². The van der Waals surface area contributed by atoms with Crippen molar-refractivity contribution in [2.24, 2.45) is 0 Å². The highest BCUT2D eigenvalue weighted by Crippen LogP contribution is 2.19. The number of aliphatic hydroxyl groups excluding tert-OH is 1. The van der Waals surface area contributed by atoms with Crippen LogP contribution in [0.4, 0.5) is 0 Å². The molecule has 0 aliphatic rings. The largest absolute Gasteiger partial charge is 0.409 e. The van der Waals surface area contributed by atoms with Crippen LogP contribution in [0.2, 0.25) is 13.1 Å². The van der Waals surface area contributed by atoms with Gasteiger partial charge in [0.2, 0.25) is 8.32 Å². The Labute approximate surface area is 190 Å². The predicted molar refractivity (Wildman–Crippen MR) is 136 cm³/mol. The van der Waals surface area contributed by atoms with Crippen LogP contribution in [0.25, 0.3) is 0 Å². The molecular formula is C28H38O2Si. The fraction of sp³-hybridized carbons (Fsp3) is 0.357. The summed E-state index contributed by atoms with van der Waals surface area (Å²) in [5.74, 6) is 0. The number of hydrogen-bond donors (Lipinski definition) is 1. The molecule has 1 N–H and O–H groups in total. The quantitative estimate of drug-likeness (QED) is 0.474. The highest BCUT2D eigenvalue weighted by Gasteiger charge is 2.25. The Balaban J connectivity index is 0.000000262. The summed E-state index contributed by atoms with van der Waals surface area (Å²) in [6.45, 7) is 18.0. The minimum Gasteiger partial charge on any atom is -0.409 e. The van der Waals surface area contributed by atoms with Crippen molar-refractivity contribution in [3.8, 4) is 0 Å². The molecule has 0 saturated heterocycles. The average molecular weight is 435 g/mol. The van der Waals surface area contributed by atoms with Crippen LogP contribution in [0, 0.1) is 41.5 Å². The van der Waals surface area contributed by atoms with E-state index in [2.05, 4.69) is 95.4 Å². The van der Waals surface area contributed by atoms with Gasteiger partial charge in [0.25, 0.3) is 0 Å². The van der Waals surface area contributed by atoms with Crippen LogP contribution in [0.1, 0.15) is 44.5 Å². The minimum atomic E-state index is -1.82. The van der Waals surface area contributed by atoms with E-state index in [9.17, 15) is 0 Å². The second-order valence-corrected chi connectivity index (χ2v) is 13.0. The summed E-state index contributed by atoms with van der Waals surface area (Å²) >= 11 is 0. The van der Waals surface area contributed by atoms with Gasteiger partial charge in [-0.15, -0.1) is 0 Å². The number of hydrogen-bond acceptors (Lipinski definition) is 2. The van der Waals surface area contributed by atoms with E-state index in [1.54, 1.807) is 0 Å². The first-order chi connectivity index (χ1) is 14.5.